The van der Waals surface area contributed by atoms with Gasteiger partial charge in [0.15, 0.2) is 0 Å². The fourth-order valence-electron chi connectivity index (χ4n) is 2.73. The van der Waals surface area contributed by atoms with Gasteiger partial charge in [-0.25, -0.2) is 0 Å². The molecule has 0 aromatic heterocycles. The molecule has 1 aliphatic carbocycles. The number of nitrogens with one attached hydrogen (secondary N) is 1. The zero-order chi connectivity index (χ0) is 14.8. The second-order valence-corrected chi connectivity index (χ2v) is 6.39. The molecule has 5 heteroatoms. The van der Waals surface area contributed by atoms with Crippen LogP contribution in [-0.4, -0.2) is 49.1 Å². The molecule has 0 unspecified atom stereocenters. The molecule has 1 atom stereocenters. The molecule has 1 aliphatic heterocycles. The second-order valence-electron chi connectivity index (χ2n) is 5.96. The van der Waals surface area contributed by atoms with E-state index in [4.69, 9.17) is 11.6 Å². The van der Waals surface area contributed by atoms with Crippen molar-refractivity contribution in [2.75, 3.05) is 31.1 Å². The number of hydrogen-bond acceptors (Lipinski definition) is 3. The quantitative estimate of drug-likeness (QED) is 0.925. The van der Waals surface area contributed by atoms with Crippen LogP contribution in [0.4, 0.5) is 5.69 Å². The van der Waals surface area contributed by atoms with E-state index in [1.54, 1.807) is 0 Å². The summed E-state index contributed by atoms with van der Waals surface area (Å²) in [5, 5.41) is 3.86. The molecule has 3 rings (SSSR count). The maximum Gasteiger partial charge on any atom is 0.237 e. The number of benzene rings is 1. The Morgan fingerprint density at radius 2 is 1.81 bits per heavy atom. The summed E-state index contributed by atoms with van der Waals surface area (Å²) in [6.45, 7) is 5.74. The molecule has 1 aromatic rings. The molecule has 1 N–H and O–H groups in total. The van der Waals surface area contributed by atoms with E-state index < -0.39 is 0 Å². The van der Waals surface area contributed by atoms with Crippen LogP contribution in [-0.2, 0) is 4.79 Å². The van der Waals surface area contributed by atoms with Crippen LogP contribution in [0.3, 0.4) is 0 Å². The maximum atomic E-state index is 12.1. The minimum absolute atomic E-state index is 0.0297. The van der Waals surface area contributed by atoms with Gasteiger partial charge in [-0.2, -0.15) is 0 Å². The number of anilines is 1. The Balaban J connectivity index is 1.52. The second kappa shape index (κ2) is 6.24. The number of rotatable bonds is 4. The van der Waals surface area contributed by atoms with Crippen LogP contribution in [0.25, 0.3) is 0 Å². The van der Waals surface area contributed by atoms with Gasteiger partial charge in [0.1, 0.15) is 0 Å². The van der Waals surface area contributed by atoms with E-state index in [1.807, 2.05) is 19.1 Å². The molecular formula is C16H22ClN3O. The first-order valence-electron chi connectivity index (χ1n) is 7.68. The van der Waals surface area contributed by atoms with Crippen molar-refractivity contribution in [2.24, 2.45) is 0 Å². The van der Waals surface area contributed by atoms with Gasteiger partial charge < -0.3 is 10.2 Å². The molecule has 114 valence electrons. The Morgan fingerprint density at radius 1 is 1.19 bits per heavy atom. The van der Waals surface area contributed by atoms with Crippen molar-refractivity contribution in [3.8, 4) is 0 Å². The smallest absolute Gasteiger partial charge is 0.237 e. The zero-order valence-electron chi connectivity index (χ0n) is 12.4. The monoisotopic (exact) mass is 307 g/mol. The lowest BCUT2D eigenvalue weighted by Gasteiger charge is -2.38. The van der Waals surface area contributed by atoms with Gasteiger partial charge >= 0.3 is 0 Å². The Morgan fingerprint density at radius 3 is 2.38 bits per heavy atom. The summed E-state index contributed by atoms with van der Waals surface area (Å²) >= 11 is 5.93. The standard InChI is InChI=1S/C16H22ClN3O/c1-12(16(21)18-14-4-5-14)19-8-10-20(11-9-19)15-6-2-13(17)3-7-15/h2-3,6-7,12,14H,4-5,8-11H2,1H3,(H,18,21)/t12-/m0/s1. The van der Waals surface area contributed by atoms with Gasteiger partial charge in [-0.05, 0) is 44.0 Å². The van der Waals surface area contributed by atoms with Gasteiger partial charge in [-0.1, -0.05) is 11.6 Å². The molecular weight excluding hydrogens is 286 g/mol. The van der Waals surface area contributed by atoms with Crippen LogP contribution in [0, 0.1) is 0 Å². The maximum absolute atomic E-state index is 12.1. The van der Waals surface area contributed by atoms with Gasteiger partial charge in [0, 0.05) is 42.9 Å². The van der Waals surface area contributed by atoms with Crippen molar-refractivity contribution >= 4 is 23.2 Å². The molecule has 1 saturated carbocycles. The Labute approximate surface area is 131 Å². The molecule has 2 aliphatic rings. The topological polar surface area (TPSA) is 35.6 Å². The van der Waals surface area contributed by atoms with Crippen molar-refractivity contribution < 1.29 is 4.79 Å². The summed E-state index contributed by atoms with van der Waals surface area (Å²) in [6, 6.07) is 8.38. The van der Waals surface area contributed by atoms with Gasteiger partial charge in [0.25, 0.3) is 0 Å². The summed E-state index contributed by atoms with van der Waals surface area (Å²) in [6.07, 6.45) is 2.28. The summed E-state index contributed by atoms with van der Waals surface area (Å²) in [5.41, 5.74) is 1.20. The molecule has 21 heavy (non-hydrogen) atoms. The Bertz CT molecular complexity index is 493. The van der Waals surface area contributed by atoms with E-state index in [0.29, 0.717) is 6.04 Å². The lowest BCUT2D eigenvalue weighted by Crippen LogP contribution is -2.54. The predicted molar refractivity (Wildman–Crippen MR) is 85.9 cm³/mol. The average Bonchev–Trinajstić information content (AvgIpc) is 3.31. The molecule has 0 bridgehead atoms. The van der Waals surface area contributed by atoms with Crippen LogP contribution < -0.4 is 10.2 Å². The highest BCUT2D eigenvalue weighted by molar-refractivity contribution is 6.30. The minimum atomic E-state index is -0.0297. The average molecular weight is 308 g/mol. The SMILES string of the molecule is C[C@@H](C(=O)NC1CC1)N1CCN(c2ccc(Cl)cc2)CC1. The summed E-state index contributed by atoms with van der Waals surface area (Å²) < 4.78 is 0. The summed E-state index contributed by atoms with van der Waals surface area (Å²) in [7, 11) is 0. The molecule has 2 fully saturated rings. The first-order valence-corrected chi connectivity index (χ1v) is 8.06. The number of piperazine rings is 1. The molecule has 1 saturated heterocycles. The minimum Gasteiger partial charge on any atom is -0.369 e. The van der Waals surface area contributed by atoms with Crippen LogP contribution in [0.5, 0.6) is 0 Å². The fourth-order valence-corrected chi connectivity index (χ4v) is 2.86. The lowest BCUT2D eigenvalue weighted by molar-refractivity contribution is -0.126. The van der Waals surface area contributed by atoms with E-state index in [0.717, 1.165) is 44.0 Å². The van der Waals surface area contributed by atoms with Crippen LogP contribution in [0.1, 0.15) is 19.8 Å². The summed E-state index contributed by atoms with van der Waals surface area (Å²) in [5.74, 6) is 0.178. The lowest BCUT2D eigenvalue weighted by atomic mass is 10.2. The van der Waals surface area contributed by atoms with Gasteiger partial charge in [0.2, 0.25) is 5.91 Å². The van der Waals surface area contributed by atoms with E-state index in [1.165, 1.54) is 5.69 Å². The third-order valence-corrected chi connectivity index (χ3v) is 4.61. The van der Waals surface area contributed by atoms with Crippen LogP contribution in [0.2, 0.25) is 5.02 Å². The molecule has 1 aromatic carbocycles. The first kappa shape index (κ1) is 14.7. The normalized spacial score (nSPS) is 21.1. The number of halogens is 1. The first-order chi connectivity index (χ1) is 10.1. The van der Waals surface area contributed by atoms with E-state index in [2.05, 4.69) is 27.2 Å². The van der Waals surface area contributed by atoms with Gasteiger partial charge in [-0.15, -0.1) is 0 Å². The number of amides is 1. The third-order valence-electron chi connectivity index (χ3n) is 4.36. The zero-order valence-corrected chi connectivity index (χ0v) is 13.1. The van der Waals surface area contributed by atoms with Crippen molar-refractivity contribution in [1.29, 1.82) is 0 Å². The van der Waals surface area contributed by atoms with Crippen molar-refractivity contribution in [1.82, 2.24) is 10.2 Å². The molecule has 1 amide bonds. The highest BCUT2D eigenvalue weighted by Gasteiger charge is 2.29. The highest BCUT2D eigenvalue weighted by atomic mass is 35.5. The van der Waals surface area contributed by atoms with Crippen molar-refractivity contribution in [2.45, 2.75) is 31.8 Å². The Hall–Kier alpha value is -1.26. The summed E-state index contributed by atoms with van der Waals surface area (Å²) in [4.78, 5) is 16.7. The molecule has 4 nitrogen and oxygen atoms in total. The number of carbonyl (C=O) groups is 1. The number of carbonyl (C=O) groups excluding carboxylic acids is 1. The van der Waals surface area contributed by atoms with E-state index in [-0.39, 0.29) is 11.9 Å². The van der Waals surface area contributed by atoms with Crippen LogP contribution in [0.15, 0.2) is 24.3 Å². The predicted octanol–water partition coefficient (Wildman–Crippen LogP) is 2.13. The van der Waals surface area contributed by atoms with Crippen molar-refractivity contribution in [3.63, 3.8) is 0 Å². The number of hydrogen-bond donors (Lipinski definition) is 1. The van der Waals surface area contributed by atoms with E-state index in [9.17, 15) is 4.79 Å². The molecule has 0 spiro atoms. The third kappa shape index (κ3) is 3.69. The van der Waals surface area contributed by atoms with Crippen LogP contribution >= 0.6 is 11.6 Å². The Kier molecular flexibility index (Phi) is 4.36. The molecule has 1 heterocycles. The molecule has 0 radical (unpaired) electrons. The highest BCUT2D eigenvalue weighted by Crippen LogP contribution is 2.21. The fraction of sp³-hybridized carbons (Fsp3) is 0.562. The largest absolute Gasteiger partial charge is 0.369 e. The number of nitrogens with zero attached hydrogens (tertiary/aromatic N) is 2. The van der Waals surface area contributed by atoms with E-state index >= 15 is 0 Å². The van der Waals surface area contributed by atoms with Gasteiger partial charge in [0.05, 0.1) is 6.04 Å². The van der Waals surface area contributed by atoms with Gasteiger partial charge in [-0.3, -0.25) is 9.69 Å². The van der Waals surface area contributed by atoms with Crippen molar-refractivity contribution in [3.05, 3.63) is 29.3 Å².